The van der Waals surface area contributed by atoms with Gasteiger partial charge in [0.2, 0.25) is 0 Å². The van der Waals surface area contributed by atoms with Crippen molar-refractivity contribution in [1.29, 1.82) is 0 Å². The minimum absolute atomic E-state index is 0.0490. The van der Waals surface area contributed by atoms with Crippen molar-refractivity contribution in [3.8, 4) is 5.75 Å². The summed E-state index contributed by atoms with van der Waals surface area (Å²) in [5, 5.41) is 13.4. The standard InChI is InChI=1S/C16H18BrNO/c1-10-4-7-16(19)14(8-10)12(3)18-15-9-13(17)6-5-11(15)2/h4-9,12,18-19H,1-3H3. The Balaban J connectivity index is 2.27. The normalized spacial score (nSPS) is 12.2. The molecular weight excluding hydrogens is 302 g/mol. The van der Waals surface area contributed by atoms with E-state index >= 15 is 0 Å². The lowest BCUT2D eigenvalue weighted by Gasteiger charge is -2.19. The van der Waals surface area contributed by atoms with Crippen LogP contribution in [0.1, 0.15) is 29.7 Å². The first-order valence-electron chi connectivity index (χ1n) is 6.29. The lowest BCUT2D eigenvalue weighted by atomic mass is 10.0. The molecule has 0 amide bonds. The van der Waals surface area contributed by atoms with Crippen molar-refractivity contribution in [2.45, 2.75) is 26.8 Å². The van der Waals surface area contributed by atoms with Crippen LogP contribution in [0, 0.1) is 13.8 Å². The highest BCUT2D eigenvalue weighted by atomic mass is 79.9. The maximum atomic E-state index is 9.96. The first kappa shape index (κ1) is 13.9. The lowest BCUT2D eigenvalue weighted by molar-refractivity contribution is 0.465. The molecule has 0 radical (unpaired) electrons. The van der Waals surface area contributed by atoms with Crippen molar-refractivity contribution in [1.82, 2.24) is 0 Å². The van der Waals surface area contributed by atoms with Crippen molar-refractivity contribution in [3.63, 3.8) is 0 Å². The molecule has 2 aromatic rings. The van der Waals surface area contributed by atoms with Crippen LogP contribution in [0.2, 0.25) is 0 Å². The Hall–Kier alpha value is -1.48. The highest BCUT2D eigenvalue weighted by Crippen LogP contribution is 2.30. The first-order valence-corrected chi connectivity index (χ1v) is 7.09. The van der Waals surface area contributed by atoms with Gasteiger partial charge in [0.1, 0.15) is 5.75 Å². The number of nitrogens with one attached hydrogen (secondary N) is 1. The minimum Gasteiger partial charge on any atom is -0.508 e. The monoisotopic (exact) mass is 319 g/mol. The fourth-order valence-corrected chi connectivity index (χ4v) is 2.44. The lowest BCUT2D eigenvalue weighted by Crippen LogP contribution is -2.08. The van der Waals surface area contributed by atoms with Crippen molar-refractivity contribution in [2.24, 2.45) is 0 Å². The molecule has 0 saturated carbocycles. The van der Waals surface area contributed by atoms with Crippen LogP contribution in [-0.2, 0) is 0 Å². The van der Waals surface area contributed by atoms with Crippen LogP contribution in [0.3, 0.4) is 0 Å². The fourth-order valence-electron chi connectivity index (χ4n) is 2.08. The molecule has 0 bridgehead atoms. The van der Waals surface area contributed by atoms with E-state index in [2.05, 4.69) is 47.2 Å². The van der Waals surface area contributed by atoms with E-state index in [0.29, 0.717) is 5.75 Å². The smallest absolute Gasteiger partial charge is 0.120 e. The fraction of sp³-hybridized carbons (Fsp3) is 0.250. The van der Waals surface area contributed by atoms with E-state index in [1.54, 1.807) is 6.07 Å². The molecule has 0 fully saturated rings. The molecule has 0 spiro atoms. The van der Waals surface area contributed by atoms with Crippen LogP contribution >= 0.6 is 15.9 Å². The number of phenolic OH excluding ortho intramolecular Hbond substituents is 1. The van der Waals surface area contributed by atoms with E-state index in [1.165, 1.54) is 5.56 Å². The molecule has 2 nitrogen and oxygen atoms in total. The third kappa shape index (κ3) is 3.29. The third-order valence-electron chi connectivity index (χ3n) is 3.22. The Morgan fingerprint density at radius 1 is 1.11 bits per heavy atom. The summed E-state index contributed by atoms with van der Waals surface area (Å²) in [7, 11) is 0. The van der Waals surface area contributed by atoms with Gasteiger partial charge in [-0.05, 0) is 44.5 Å². The maximum Gasteiger partial charge on any atom is 0.120 e. The number of hydrogen-bond acceptors (Lipinski definition) is 2. The second-order valence-corrected chi connectivity index (χ2v) is 5.80. The Kier molecular flexibility index (Phi) is 4.15. The van der Waals surface area contributed by atoms with Gasteiger partial charge in [0.25, 0.3) is 0 Å². The number of phenols is 1. The van der Waals surface area contributed by atoms with E-state index in [1.807, 2.05) is 25.1 Å². The van der Waals surface area contributed by atoms with Crippen molar-refractivity contribution >= 4 is 21.6 Å². The van der Waals surface area contributed by atoms with Gasteiger partial charge in [0.05, 0.1) is 6.04 Å². The van der Waals surface area contributed by atoms with Gasteiger partial charge in [-0.3, -0.25) is 0 Å². The predicted octanol–water partition coefficient (Wildman–Crippen LogP) is 4.94. The molecule has 2 rings (SSSR count). The number of aryl methyl sites for hydroxylation is 2. The molecule has 0 saturated heterocycles. The van der Waals surface area contributed by atoms with Gasteiger partial charge in [0, 0.05) is 15.7 Å². The second-order valence-electron chi connectivity index (χ2n) is 4.89. The van der Waals surface area contributed by atoms with Gasteiger partial charge in [-0.2, -0.15) is 0 Å². The van der Waals surface area contributed by atoms with Crippen LogP contribution in [0.15, 0.2) is 40.9 Å². The van der Waals surface area contributed by atoms with Crippen LogP contribution in [-0.4, -0.2) is 5.11 Å². The minimum atomic E-state index is 0.0490. The van der Waals surface area contributed by atoms with Crippen molar-refractivity contribution in [3.05, 3.63) is 57.6 Å². The second kappa shape index (κ2) is 5.66. The Morgan fingerprint density at radius 2 is 1.84 bits per heavy atom. The zero-order chi connectivity index (χ0) is 14.0. The summed E-state index contributed by atoms with van der Waals surface area (Å²) in [5.41, 5.74) is 4.32. The zero-order valence-electron chi connectivity index (χ0n) is 11.4. The average Bonchev–Trinajstić information content (AvgIpc) is 2.36. The molecular formula is C16H18BrNO. The van der Waals surface area contributed by atoms with Gasteiger partial charge in [0.15, 0.2) is 0 Å². The third-order valence-corrected chi connectivity index (χ3v) is 3.71. The molecule has 2 aromatic carbocycles. The summed E-state index contributed by atoms with van der Waals surface area (Å²) >= 11 is 3.48. The topological polar surface area (TPSA) is 32.3 Å². The van der Waals surface area contributed by atoms with Gasteiger partial charge in [-0.25, -0.2) is 0 Å². The Morgan fingerprint density at radius 3 is 2.58 bits per heavy atom. The number of benzene rings is 2. The number of anilines is 1. The molecule has 0 aliphatic rings. The van der Waals surface area contributed by atoms with E-state index in [0.717, 1.165) is 21.3 Å². The number of rotatable bonds is 3. The van der Waals surface area contributed by atoms with E-state index in [4.69, 9.17) is 0 Å². The summed E-state index contributed by atoms with van der Waals surface area (Å²) in [6.45, 7) is 6.15. The molecule has 0 aromatic heterocycles. The maximum absolute atomic E-state index is 9.96. The first-order chi connectivity index (χ1) is 8.97. The van der Waals surface area contributed by atoms with Crippen LogP contribution in [0.25, 0.3) is 0 Å². The van der Waals surface area contributed by atoms with Crippen molar-refractivity contribution in [2.75, 3.05) is 5.32 Å². The van der Waals surface area contributed by atoms with Gasteiger partial charge >= 0.3 is 0 Å². The summed E-state index contributed by atoms with van der Waals surface area (Å²) in [5.74, 6) is 0.332. The summed E-state index contributed by atoms with van der Waals surface area (Å²) in [6, 6.07) is 11.9. The highest BCUT2D eigenvalue weighted by molar-refractivity contribution is 9.10. The van der Waals surface area contributed by atoms with Crippen LogP contribution in [0.5, 0.6) is 5.75 Å². The van der Waals surface area contributed by atoms with Crippen molar-refractivity contribution < 1.29 is 5.11 Å². The largest absolute Gasteiger partial charge is 0.508 e. The molecule has 1 atom stereocenters. The van der Waals surface area contributed by atoms with E-state index in [-0.39, 0.29) is 6.04 Å². The molecule has 19 heavy (non-hydrogen) atoms. The van der Waals surface area contributed by atoms with E-state index in [9.17, 15) is 5.11 Å². The Labute approximate surface area is 122 Å². The number of aromatic hydroxyl groups is 1. The molecule has 0 heterocycles. The molecule has 2 N–H and O–H groups in total. The van der Waals surface area contributed by atoms with E-state index < -0.39 is 0 Å². The molecule has 0 aliphatic carbocycles. The van der Waals surface area contributed by atoms with Gasteiger partial charge in [-0.15, -0.1) is 0 Å². The number of hydrogen-bond donors (Lipinski definition) is 2. The summed E-state index contributed by atoms with van der Waals surface area (Å²) < 4.78 is 1.04. The molecule has 1 unspecified atom stereocenters. The molecule has 0 aliphatic heterocycles. The quantitative estimate of drug-likeness (QED) is 0.839. The van der Waals surface area contributed by atoms with Crippen LogP contribution in [0.4, 0.5) is 5.69 Å². The molecule has 100 valence electrons. The predicted molar refractivity (Wildman–Crippen MR) is 83.8 cm³/mol. The molecule has 3 heteroatoms. The average molecular weight is 320 g/mol. The zero-order valence-corrected chi connectivity index (χ0v) is 13.0. The Bertz CT molecular complexity index is 595. The number of halogens is 1. The summed E-state index contributed by atoms with van der Waals surface area (Å²) in [6.07, 6.45) is 0. The highest BCUT2D eigenvalue weighted by Gasteiger charge is 2.11. The van der Waals surface area contributed by atoms with Gasteiger partial charge in [-0.1, -0.05) is 39.7 Å². The summed E-state index contributed by atoms with van der Waals surface area (Å²) in [4.78, 5) is 0. The van der Waals surface area contributed by atoms with Crippen LogP contribution < -0.4 is 5.32 Å². The van der Waals surface area contributed by atoms with Gasteiger partial charge < -0.3 is 10.4 Å². The SMILES string of the molecule is Cc1ccc(O)c(C(C)Nc2cc(Br)ccc2C)c1.